The van der Waals surface area contributed by atoms with Gasteiger partial charge in [-0.25, -0.2) is 13.8 Å². The summed E-state index contributed by atoms with van der Waals surface area (Å²) >= 11 is 6.31. The summed E-state index contributed by atoms with van der Waals surface area (Å²) < 4.78 is 26.6. The molecule has 1 atom stereocenters. The van der Waals surface area contributed by atoms with Gasteiger partial charge in [-0.1, -0.05) is 11.6 Å². The second kappa shape index (κ2) is 8.03. The van der Waals surface area contributed by atoms with Crippen LogP contribution in [0.25, 0.3) is 10.9 Å². The Hall–Kier alpha value is -1.99. The van der Waals surface area contributed by atoms with Gasteiger partial charge in [-0.15, -0.1) is 0 Å². The standard InChI is InChI=1S/C21H24ClF2N3O2/c22-16-2-3-17-15(1-4-18(26-17)27-10-7-14(28)12-27)19(16)20(29)25-11-13-5-8-21(23,24)9-6-13/h1-4,13-14,28H,5-12H2,(H,25,29)/t14-/m1/s1. The van der Waals surface area contributed by atoms with E-state index in [1.54, 1.807) is 12.1 Å². The molecule has 2 heterocycles. The number of fused-ring (bicyclic) bond motifs is 1. The van der Waals surface area contributed by atoms with Crippen molar-refractivity contribution >= 4 is 34.2 Å². The van der Waals surface area contributed by atoms with Crippen LogP contribution in [0.15, 0.2) is 24.3 Å². The zero-order valence-electron chi connectivity index (χ0n) is 16.0. The number of alkyl halides is 2. The lowest BCUT2D eigenvalue weighted by molar-refractivity contribution is -0.0452. The summed E-state index contributed by atoms with van der Waals surface area (Å²) in [5, 5.41) is 13.6. The first-order valence-electron chi connectivity index (χ1n) is 10.0. The van der Waals surface area contributed by atoms with Gasteiger partial charge in [-0.3, -0.25) is 4.79 Å². The molecule has 1 aromatic heterocycles. The van der Waals surface area contributed by atoms with Crippen molar-refractivity contribution in [2.75, 3.05) is 24.5 Å². The van der Waals surface area contributed by atoms with Crippen LogP contribution in [0.4, 0.5) is 14.6 Å². The van der Waals surface area contributed by atoms with Crippen molar-refractivity contribution < 1.29 is 18.7 Å². The number of aliphatic hydroxyl groups excluding tert-OH is 1. The topological polar surface area (TPSA) is 65.5 Å². The zero-order valence-corrected chi connectivity index (χ0v) is 16.8. The van der Waals surface area contributed by atoms with Gasteiger partial charge in [-0.05, 0) is 49.4 Å². The van der Waals surface area contributed by atoms with E-state index in [1.807, 2.05) is 17.0 Å². The molecule has 2 aromatic rings. The molecule has 0 unspecified atom stereocenters. The van der Waals surface area contributed by atoms with Gasteiger partial charge in [0, 0.05) is 37.9 Å². The number of halogens is 3. The average Bonchev–Trinajstić information content (AvgIpc) is 3.13. The summed E-state index contributed by atoms with van der Waals surface area (Å²) in [6, 6.07) is 7.07. The molecule has 2 aliphatic rings. The number of nitrogens with zero attached hydrogens (tertiary/aromatic N) is 2. The fourth-order valence-electron chi connectivity index (χ4n) is 4.15. The Balaban J connectivity index is 1.50. The first-order chi connectivity index (χ1) is 13.8. The van der Waals surface area contributed by atoms with E-state index in [2.05, 4.69) is 10.3 Å². The van der Waals surface area contributed by atoms with Crippen LogP contribution < -0.4 is 10.2 Å². The Labute approximate surface area is 173 Å². The summed E-state index contributed by atoms with van der Waals surface area (Å²) in [5.41, 5.74) is 1.00. The third-order valence-corrected chi connectivity index (χ3v) is 6.22. The predicted octanol–water partition coefficient (Wildman–Crippen LogP) is 4.01. The van der Waals surface area contributed by atoms with Crippen LogP contribution in [0.3, 0.4) is 0 Å². The van der Waals surface area contributed by atoms with Crippen molar-refractivity contribution in [1.82, 2.24) is 10.3 Å². The van der Waals surface area contributed by atoms with E-state index < -0.39 is 5.92 Å². The fourth-order valence-corrected chi connectivity index (χ4v) is 4.40. The minimum absolute atomic E-state index is 0.0543. The molecule has 1 aliphatic heterocycles. The zero-order chi connectivity index (χ0) is 20.6. The molecule has 8 heteroatoms. The van der Waals surface area contributed by atoms with Crippen LogP contribution >= 0.6 is 11.6 Å². The van der Waals surface area contributed by atoms with Crippen LogP contribution in [-0.4, -0.2) is 47.7 Å². The molecule has 29 heavy (non-hydrogen) atoms. The number of carbonyl (C=O) groups excluding carboxylic acids is 1. The van der Waals surface area contributed by atoms with Gasteiger partial charge in [0.15, 0.2) is 0 Å². The number of hydrogen-bond donors (Lipinski definition) is 2. The van der Waals surface area contributed by atoms with Gasteiger partial charge in [0.1, 0.15) is 5.82 Å². The number of aliphatic hydroxyl groups is 1. The van der Waals surface area contributed by atoms with Gasteiger partial charge in [-0.2, -0.15) is 0 Å². The first kappa shape index (κ1) is 20.3. The molecule has 0 radical (unpaired) electrons. The van der Waals surface area contributed by atoms with Gasteiger partial charge in [0.2, 0.25) is 5.92 Å². The molecule has 2 N–H and O–H groups in total. The summed E-state index contributed by atoms with van der Waals surface area (Å²) in [4.78, 5) is 19.5. The Kier molecular flexibility index (Phi) is 5.62. The van der Waals surface area contributed by atoms with E-state index in [1.165, 1.54) is 0 Å². The number of nitrogens with one attached hydrogen (secondary N) is 1. The summed E-state index contributed by atoms with van der Waals surface area (Å²) in [6.45, 7) is 1.64. The van der Waals surface area contributed by atoms with E-state index in [4.69, 9.17) is 11.6 Å². The second-order valence-electron chi connectivity index (χ2n) is 8.06. The highest BCUT2D eigenvalue weighted by Gasteiger charge is 2.35. The number of aromatic nitrogens is 1. The maximum atomic E-state index is 13.3. The molecule has 1 saturated heterocycles. The van der Waals surface area contributed by atoms with E-state index in [0.29, 0.717) is 53.8 Å². The number of anilines is 1. The molecule has 4 rings (SSSR count). The Morgan fingerprint density at radius 1 is 1.24 bits per heavy atom. The van der Waals surface area contributed by atoms with Crippen molar-refractivity contribution in [3.63, 3.8) is 0 Å². The molecule has 5 nitrogen and oxygen atoms in total. The molecule has 1 saturated carbocycles. The summed E-state index contributed by atoms with van der Waals surface area (Å²) in [6.07, 6.45) is 0.924. The molecule has 1 aliphatic carbocycles. The number of benzene rings is 1. The minimum Gasteiger partial charge on any atom is -0.391 e. The third-order valence-electron chi connectivity index (χ3n) is 5.91. The monoisotopic (exact) mass is 423 g/mol. The predicted molar refractivity (Wildman–Crippen MR) is 109 cm³/mol. The molecule has 0 bridgehead atoms. The molecule has 156 valence electrons. The highest BCUT2D eigenvalue weighted by molar-refractivity contribution is 6.35. The number of amides is 1. The smallest absolute Gasteiger partial charge is 0.253 e. The number of β-amino-alcohol motifs (C(OH)–C–C–N with tert-alkyl or cyclic N) is 1. The lowest BCUT2D eigenvalue weighted by atomic mass is 9.87. The highest BCUT2D eigenvalue weighted by atomic mass is 35.5. The maximum Gasteiger partial charge on any atom is 0.253 e. The van der Waals surface area contributed by atoms with Crippen LogP contribution in [0.2, 0.25) is 5.02 Å². The summed E-state index contributed by atoms with van der Waals surface area (Å²) in [5.74, 6) is -2.08. The van der Waals surface area contributed by atoms with E-state index in [9.17, 15) is 18.7 Å². The van der Waals surface area contributed by atoms with Crippen LogP contribution in [0.5, 0.6) is 0 Å². The molecule has 1 aromatic carbocycles. The number of carbonyl (C=O) groups is 1. The molecule has 0 spiro atoms. The molecule has 2 fully saturated rings. The molecular weight excluding hydrogens is 400 g/mol. The lowest BCUT2D eigenvalue weighted by Gasteiger charge is -2.28. The van der Waals surface area contributed by atoms with Gasteiger partial charge in [0.25, 0.3) is 5.91 Å². The van der Waals surface area contributed by atoms with Gasteiger partial charge in [0.05, 0.1) is 22.2 Å². The normalized spacial score (nSPS) is 22.2. The van der Waals surface area contributed by atoms with Crippen molar-refractivity contribution in [2.45, 2.75) is 44.1 Å². The van der Waals surface area contributed by atoms with Crippen molar-refractivity contribution in [3.8, 4) is 0 Å². The van der Waals surface area contributed by atoms with E-state index >= 15 is 0 Å². The average molecular weight is 424 g/mol. The van der Waals surface area contributed by atoms with E-state index in [-0.39, 0.29) is 30.8 Å². The Morgan fingerprint density at radius 3 is 2.69 bits per heavy atom. The van der Waals surface area contributed by atoms with Crippen molar-refractivity contribution in [2.24, 2.45) is 5.92 Å². The highest BCUT2D eigenvalue weighted by Crippen LogP contribution is 2.36. The number of hydrogen-bond acceptors (Lipinski definition) is 4. The van der Waals surface area contributed by atoms with Crippen molar-refractivity contribution in [1.29, 1.82) is 0 Å². The van der Waals surface area contributed by atoms with Gasteiger partial charge < -0.3 is 15.3 Å². The first-order valence-corrected chi connectivity index (χ1v) is 10.4. The van der Waals surface area contributed by atoms with Crippen molar-refractivity contribution in [3.05, 3.63) is 34.9 Å². The van der Waals surface area contributed by atoms with Crippen LogP contribution in [0, 0.1) is 5.92 Å². The van der Waals surface area contributed by atoms with Crippen LogP contribution in [0.1, 0.15) is 42.5 Å². The molecule has 1 amide bonds. The largest absolute Gasteiger partial charge is 0.391 e. The van der Waals surface area contributed by atoms with Gasteiger partial charge >= 0.3 is 0 Å². The SMILES string of the molecule is O=C(NCC1CCC(F)(F)CC1)c1c(Cl)ccc2nc(N3CC[C@@H](O)C3)ccc12. The maximum absolute atomic E-state index is 13.3. The Bertz CT molecular complexity index is 914. The second-order valence-corrected chi connectivity index (χ2v) is 8.46. The fraction of sp³-hybridized carbons (Fsp3) is 0.524. The van der Waals surface area contributed by atoms with E-state index in [0.717, 1.165) is 12.4 Å². The van der Waals surface area contributed by atoms with Crippen LogP contribution in [-0.2, 0) is 0 Å². The lowest BCUT2D eigenvalue weighted by Crippen LogP contribution is -2.34. The minimum atomic E-state index is -2.58. The number of rotatable bonds is 4. The molecular formula is C21H24ClF2N3O2. The number of pyridine rings is 1. The third kappa shape index (κ3) is 4.46. The Morgan fingerprint density at radius 2 is 2.00 bits per heavy atom. The quantitative estimate of drug-likeness (QED) is 0.779. The summed E-state index contributed by atoms with van der Waals surface area (Å²) in [7, 11) is 0.